The van der Waals surface area contributed by atoms with E-state index in [-0.39, 0.29) is 5.91 Å². The third-order valence-electron chi connectivity index (χ3n) is 4.18. The molecule has 0 saturated carbocycles. The lowest BCUT2D eigenvalue weighted by Gasteiger charge is -2.24. The molecule has 2 rings (SSSR count). The number of carbonyl (C=O) groups is 1. The first-order valence-corrected chi connectivity index (χ1v) is 7.60. The van der Waals surface area contributed by atoms with E-state index in [0.29, 0.717) is 5.92 Å². The van der Waals surface area contributed by atoms with Gasteiger partial charge in [-0.15, -0.1) is 0 Å². The summed E-state index contributed by atoms with van der Waals surface area (Å²) in [5.74, 6) is 0.763. The van der Waals surface area contributed by atoms with E-state index >= 15 is 0 Å². The lowest BCUT2D eigenvalue weighted by atomic mass is 9.97. The van der Waals surface area contributed by atoms with E-state index < -0.39 is 0 Å². The van der Waals surface area contributed by atoms with E-state index in [4.69, 9.17) is 0 Å². The molecular weight excluding hydrogens is 248 g/mol. The van der Waals surface area contributed by atoms with Crippen LogP contribution >= 0.6 is 0 Å². The van der Waals surface area contributed by atoms with Crippen molar-refractivity contribution in [1.82, 2.24) is 4.90 Å². The Hall–Kier alpha value is -1.51. The summed E-state index contributed by atoms with van der Waals surface area (Å²) in [6.45, 7) is 12.0. The maximum atomic E-state index is 11.5. The highest BCUT2D eigenvalue weighted by Gasteiger charge is 2.17. The normalized spacial score (nSPS) is 16.4. The van der Waals surface area contributed by atoms with Crippen molar-refractivity contribution in [1.29, 1.82) is 0 Å². The maximum absolute atomic E-state index is 11.5. The molecule has 20 heavy (non-hydrogen) atoms. The van der Waals surface area contributed by atoms with Gasteiger partial charge in [-0.05, 0) is 42.5 Å². The molecule has 1 saturated heterocycles. The Morgan fingerprint density at radius 3 is 2.50 bits per heavy atom. The fourth-order valence-corrected chi connectivity index (χ4v) is 2.99. The van der Waals surface area contributed by atoms with Crippen LogP contribution in [0.25, 0.3) is 0 Å². The number of aryl methyl sites for hydroxylation is 1. The molecule has 1 aromatic rings. The molecule has 0 unspecified atom stereocenters. The average molecular weight is 274 g/mol. The number of rotatable bonds is 2. The van der Waals surface area contributed by atoms with Gasteiger partial charge >= 0.3 is 0 Å². The maximum Gasteiger partial charge on any atom is 0.219 e. The Kier molecular flexibility index (Phi) is 4.69. The van der Waals surface area contributed by atoms with Gasteiger partial charge in [0.1, 0.15) is 0 Å². The minimum atomic E-state index is 0.193. The van der Waals surface area contributed by atoms with Crippen LogP contribution in [0.5, 0.6) is 0 Å². The van der Waals surface area contributed by atoms with Crippen LogP contribution in [-0.2, 0) is 4.79 Å². The molecular formula is C17H26N2O. The smallest absolute Gasteiger partial charge is 0.219 e. The number of hydrogen-bond acceptors (Lipinski definition) is 2. The molecule has 3 heteroatoms. The van der Waals surface area contributed by atoms with E-state index in [9.17, 15) is 4.79 Å². The van der Waals surface area contributed by atoms with Crippen molar-refractivity contribution in [2.75, 3.05) is 31.1 Å². The van der Waals surface area contributed by atoms with Gasteiger partial charge in [0.25, 0.3) is 0 Å². The van der Waals surface area contributed by atoms with Crippen molar-refractivity contribution in [2.45, 2.75) is 40.0 Å². The summed E-state index contributed by atoms with van der Waals surface area (Å²) >= 11 is 0. The lowest BCUT2D eigenvalue weighted by molar-refractivity contribution is -0.128. The van der Waals surface area contributed by atoms with Gasteiger partial charge in [-0.25, -0.2) is 0 Å². The fraction of sp³-hybridized carbons (Fsp3) is 0.588. The molecule has 0 spiro atoms. The van der Waals surface area contributed by atoms with Crippen molar-refractivity contribution in [2.24, 2.45) is 0 Å². The Balaban J connectivity index is 2.12. The summed E-state index contributed by atoms with van der Waals surface area (Å²) in [7, 11) is 0. The zero-order valence-electron chi connectivity index (χ0n) is 13.1. The van der Waals surface area contributed by atoms with Gasteiger partial charge in [-0.3, -0.25) is 4.79 Å². The lowest BCUT2D eigenvalue weighted by Crippen LogP contribution is -2.33. The number of nitrogens with zero attached hydrogens (tertiary/aromatic N) is 2. The highest BCUT2D eigenvalue weighted by molar-refractivity contribution is 5.73. The minimum Gasteiger partial charge on any atom is -0.370 e. The number of anilines is 1. The number of amides is 1. The first-order chi connectivity index (χ1) is 9.49. The van der Waals surface area contributed by atoms with Gasteiger partial charge in [0.15, 0.2) is 0 Å². The van der Waals surface area contributed by atoms with Crippen molar-refractivity contribution in [3.05, 3.63) is 29.3 Å². The Morgan fingerprint density at radius 1 is 1.15 bits per heavy atom. The third-order valence-corrected chi connectivity index (χ3v) is 4.18. The molecule has 1 amide bonds. The standard InChI is InChI=1S/C17H26N2O/c1-13(2)17-7-6-16(12-14(17)3)19-9-5-8-18(10-11-19)15(4)20/h6-7,12-13H,5,8-11H2,1-4H3. The molecule has 0 bridgehead atoms. The van der Waals surface area contributed by atoms with E-state index in [0.717, 1.165) is 32.6 Å². The molecule has 1 heterocycles. The van der Waals surface area contributed by atoms with Crippen molar-refractivity contribution in [3.63, 3.8) is 0 Å². The Labute approximate surface area is 122 Å². The van der Waals surface area contributed by atoms with Gasteiger partial charge < -0.3 is 9.80 Å². The van der Waals surface area contributed by atoms with Gasteiger partial charge in [-0.2, -0.15) is 0 Å². The Morgan fingerprint density at radius 2 is 1.90 bits per heavy atom. The van der Waals surface area contributed by atoms with Gasteiger partial charge in [0.2, 0.25) is 5.91 Å². The van der Waals surface area contributed by atoms with E-state index in [2.05, 4.69) is 43.9 Å². The molecule has 0 atom stereocenters. The molecule has 1 aliphatic heterocycles. The van der Waals surface area contributed by atoms with Crippen LogP contribution in [0, 0.1) is 6.92 Å². The summed E-state index contributed by atoms with van der Waals surface area (Å²) in [4.78, 5) is 15.8. The zero-order chi connectivity index (χ0) is 14.7. The van der Waals surface area contributed by atoms with Crippen LogP contribution in [0.1, 0.15) is 44.2 Å². The van der Waals surface area contributed by atoms with Gasteiger partial charge in [0, 0.05) is 38.8 Å². The number of benzene rings is 1. The predicted molar refractivity (Wildman–Crippen MR) is 84.4 cm³/mol. The molecule has 110 valence electrons. The van der Waals surface area contributed by atoms with Crippen LogP contribution in [0.3, 0.4) is 0 Å². The quantitative estimate of drug-likeness (QED) is 0.827. The molecule has 0 radical (unpaired) electrons. The summed E-state index contributed by atoms with van der Waals surface area (Å²) < 4.78 is 0. The predicted octanol–water partition coefficient (Wildman–Crippen LogP) is 3.18. The number of hydrogen-bond donors (Lipinski definition) is 0. The second-order valence-corrected chi connectivity index (χ2v) is 6.04. The van der Waals surface area contributed by atoms with E-state index in [1.165, 1.54) is 16.8 Å². The highest BCUT2D eigenvalue weighted by atomic mass is 16.2. The topological polar surface area (TPSA) is 23.6 Å². The molecule has 0 N–H and O–H groups in total. The second kappa shape index (κ2) is 6.29. The van der Waals surface area contributed by atoms with Crippen LogP contribution < -0.4 is 4.90 Å². The second-order valence-electron chi connectivity index (χ2n) is 6.04. The molecule has 0 aliphatic carbocycles. The molecule has 1 aliphatic rings. The van der Waals surface area contributed by atoms with Crippen molar-refractivity contribution in [3.8, 4) is 0 Å². The van der Waals surface area contributed by atoms with Crippen LogP contribution in [0.4, 0.5) is 5.69 Å². The summed E-state index contributed by atoms with van der Waals surface area (Å²) in [5, 5.41) is 0. The van der Waals surface area contributed by atoms with Crippen molar-refractivity contribution < 1.29 is 4.79 Å². The van der Waals surface area contributed by atoms with E-state index in [1.54, 1.807) is 6.92 Å². The summed E-state index contributed by atoms with van der Waals surface area (Å²) in [6, 6.07) is 6.77. The SMILES string of the molecule is CC(=O)N1CCCN(c2ccc(C(C)C)c(C)c2)CC1. The van der Waals surface area contributed by atoms with Crippen molar-refractivity contribution >= 4 is 11.6 Å². The minimum absolute atomic E-state index is 0.193. The van der Waals surface area contributed by atoms with Gasteiger partial charge in [-0.1, -0.05) is 19.9 Å². The van der Waals surface area contributed by atoms with E-state index in [1.807, 2.05) is 4.90 Å². The van der Waals surface area contributed by atoms with Crippen LogP contribution in [0.15, 0.2) is 18.2 Å². The Bertz CT molecular complexity index is 482. The summed E-state index contributed by atoms with van der Waals surface area (Å²) in [5.41, 5.74) is 4.08. The first-order valence-electron chi connectivity index (χ1n) is 7.60. The fourth-order valence-electron chi connectivity index (χ4n) is 2.99. The first kappa shape index (κ1) is 14.9. The zero-order valence-corrected chi connectivity index (χ0v) is 13.1. The molecule has 0 aromatic heterocycles. The molecule has 3 nitrogen and oxygen atoms in total. The monoisotopic (exact) mass is 274 g/mol. The third kappa shape index (κ3) is 3.33. The van der Waals surface area contributed by atoms with Crippen LogP contribution in [-0.4, -0.2) is 37.0 Å². The summed E-state index contributed by atoms with van der Waals surface area (Å²) in [6.07, 6.45) is 1.05. The average Bonchev–Trinajstić information content (AvgIpc) is 2.63. The van der Waals surface area contributed by atoms with Crippen LogP contribution in [0.2, 0.25) is 0 Å². The largest absolute Gasteiger partial charge is 0.370 e. The highest BCUT2D eigenvalue weighted by Crippen LogP contribution is 2.25. The number of carbonyl (C=O) groups excluding carboxylic acids is 1. The molecule has 1 aromatic carbocycles. The van der Waals surface area contributed by atoms with Gasteiger partial charge in [0.05, 0.1) is 0 Å². The molecule has 1 fully saturated rings.